The molecule has 0 aromatic carbocycles. The van der Waals surface area contributed by atoms with E-state index in [0.29, 0.717) is 0 Å². The molecule has 3 nitrogen and oxygen atoms in total. The van der Waals surface area contributed by atoms with Crippen LogP contribution >= 0.6 is 0 Å². The highest BCUT2D eigenvalue weighted by molar-refractivity contribution is 5.79. The summed E-state index contributed by atoms with van der Waals surface area (Å²) in [4.78, 5) is 11.1. The van der Waals surface area contributed by atoms with E-state index >= 15 is 0 Å². The van der Waals surface area contributed by atoms with Gasteiger partial charge in [0.25, 0.3) is 0 Å². The molecule has 0 radical (unpaired) electrons. The minimum Gasteiger partial charge on any atom is -0.467 e. The number of hydrogen-bond donors (Lipinski definition) is 1. The Morgan fingerprint density at radius 1 is 1.53 bits per heavy atom. The van der Waals surface area contributed by atoms with Crippen LogP contribution in [0.4, 0.5) is 13.2 Å². The molecule has 6 heteroatoms. The zero-order valence-corrected chi connectivity index (χ0v) is 8.30. The van der Waals surface area contributed by atoms with Crippen molar-refractivity contribution in [3.8, 4) is 0 Å². The lowest BCUT2D eigenvalue weighted by atomic mass is 9.78. The zero-order valence-electron chi connectivity index (χ0n) is 8.30. The lowest BCUT2D eigenvalue weighted by Gasteiger charge is -2.35. The minimum atomic E-state index is -4.36. The number of esters is 1. The maximum absolute atomic E-state index is 12.4. The Morgan fingerprint density at radius 2 is 2.13 bits per heavy atom. The summed E-state index contributed by atoms with van der Waals surface area (Å²) < 4.78 is 41.5. The van der Waals surface area contributed by atoms with Crippen LogP contribution in [0.1, 0.15) is 25.7 Å². The SMILES string of the molecule is COC(=O)C1(O)CCCC(C(F)(F)F)C1. The fraction of sp³-hybridized carbons (Fsp3) is 0.889. The van der Waals surface area contributed by atoms with Crippen molar-refractivity contribution < 1.29 is 27.8 Å². The van der Waals surface area contributed by atoms with Gasteiger partial charge in [0.05, 0.1) is 13.0 Å². The van der Waals surface area contributed by atoms with Crippen molar-refractivity contribution in [3.63, 3.8) is 0 Å². The van der Waals surface area contributed by atoms with Crippen molar-refractivity contribution >= 4 is 5.97 Å². The van der Waals surface area contributed by atoms with Gasteiger partial charge in [-0.3, -0.25) is 0 Å². The molecule has 88 valence electrons. The molecule has 2 unspecified atom stereocenters. The van der Waals surface area contributed by atoms with Gasteiger partial charge in [-0.2, -0.15) is 13.2 Å². The van der Waals surface area contributed by atoms with Gasteiger partial charge >= 0.3 is 12.1 Å². The van der Waals surface area contributed by atoms with Crippen LogP contribution in [0.15, 0.2) is 0 Å². The molecule has 0 spiro atoms. The molecule has 1 rings (SSSR count). The molecule has 1 fully saturated rings. The number of rotatable bonds is 1. The van der Waals surface area contributed by atoms with Crippen LogP contribution in [0, 0.1) is 5.92 Å². The summed E-state index contributed by atoms with van der Waals surface area (Å²) in [7, 11) is 1.05. The molecule has 15 heavy (non-hydrogen) atoms. The Bertz CT molecular complexity index is 251. The average Bonchev–Trinajstić information content (AvgIpc) is 2.15. The van der Waals surface area contributed by atoms with Gasteiger partial charge in [-0.1, -0.05) is 0 Å². The molecule has 0 bridgehead atoms. The van der Waals surface area contributed by atoms with E-state index < -0.39 is 30.1 Å². The highest BCUT2D eigenvalue weighted by Gasteiger charge is 2.50. The number of carbonyl (C=O) groups excluding carboxylic acids is 1. The van der Waals surface area contributed by atoms with Crippen molar-refractivity contribution in [2.24, 2.45) is 5.92 Å². The summed E-state index contributed by atoms with van der Waals surface area (Å²) in [5.41, 5.74) is -1.97. The Labute approximate surface area is 85.2 Å². The van der Waals surface area contributed by atoms with Crippen LogP contribution in [0.3, 0.4) is 0 Å². The zero-order chi connectivity index (χ0) is 11.7. The Morgan fingerprint density at radius 3 is 2.60 bits per heavy atom. The summed E-state index contributed by atoms with van der Waals surface area (Å²) in [6.45, 7) is 0. The van der Waals surface area contributed by atoms with Crippen molar-refractivity contribution in [2.45, 2.75) is 37.5 Å². The third kappa shape index (κ3) is 2.62. The van der Waals surface area contributed by atoms with Crippen molar-refractivity contribution in [1.29, 1.82) is 0 Å². The normalized spacial score (nSPS) is 32.5. The molecular formula is C9H13F3O3. The first kappa shape index (κ1) is 12.3. The smallest absolute Gasteiger partial charge is 0.391 e. The first-order valence-corrected chi connectivity index (χ1v) is 4.67. The maximum atomic E-state index is 12.4. The van der Waals surface area contributed by atoms with E-state index in [2.05, 4.69) is 4.74 Å². The van der Waals surface area contributed by atoms with Crippen molar-refractivity contribution in [2.75, 3.05) is 7.11 Å². The number of alkyl halides is 3. The fourth-order valence-corrected chi connectivity index (χ4v) is 1.91. The molecule has 2 atom stereocenters. The second-order valence-corrected chi connectivity index (χ2v) is 3.86. The van der Waals surface area contributed by atoms with E-state index in [1.165, 1.54) is 0 Å². The average molecular weight is 226 g/mol. The fourth-order valence-electron chi connectivity index (χ4n) is 1.91. The number of aliphatic hydroxyl groups is 1. The van der Waals surface area contributed by atoms with Gasteiger partial charge in [0.15, 0.2) is 5.60 Å². The Hall–Kier alpha value is -0.780. The summed E-state index contributed by atoms with van der Waals surface area (Å²) in [6, 6.07) is 0. The number of halogens is 3. The standard InChI is InChI=1S/C9H13F3O3/c1-15-7(13)8(14)4-2-3-6(5-8)9(10,11)12/h6,14H,2-5H2,1H3. The van der Waals surface area contributed by atoms with Gasteiger partial charge in [0.2, 0.25) is 0 Å². The molecule has 0 aromatic rings. The van der Waals surface area contributed by atoms with E-state index in [4.69, 9.17) is 0 Å². The van der Waals surface area contributed by atoms with Crippen molar-refractivity contribution in [1.82, 2.24) is 0 Å². The minimum absolute atomic E-state index is 0.0340. The molecule has 0 saturated heterocycles. The molecule has 1 saturated carbocycles. The van der Waals surface area contributed by atoms with Gasteiger partial charge in [-0.25, -0.2) is 4.79 Å². The maximum Gasteiger partial charge on any atom is 0.391 e. The molecule has 0 aromatic heterocycles. The topological polar surface area (TPSA) is 46.5 Å². The van der Waals surface area contributed by atoms with E-state index in [0.717, 1.165) is 7.11 Å². The monoisotopic (exact) mass is 226 g/mol. The van der Waals surface area contributed by atoms with Crippen LogP contribution in [-0.4, -0.2) is 30.0 Å². The molecule has 1 N–H and O–H groups in total. The highest BCUT2D eigenvalue weighted by atomic mass is 19.4. The first-order valence-electron chi connectivity index (χ1n) is 4.67. The lowest BCUT2D eigenvalue weighted by molar-refractivity contribution is -0.207. The highest BCUT2D eigenvalue weighted by Crippen LogP contribution is 2.42. The predicted molar refractivity (Wildman–Crippen MR) is 45.0 cm³/mol. The van der Waals surface area contributed by atoms with Gasteiger partial charge in [-0.05, 0) is 25.7 Å². The van der Waals surface area contributed by atoms with Crippen LogP contribution < -0.4 is 0 Å². The molecule has 0 heterocycles. The summed E-state index contributed by atoms with van der Waals surface area (Å²) in [5.74, 6) is -2.59. The third-order valence-electron chi connectivity index (χ3n) is 2.76. The first-order chi connectivity index (χ1) is 6.79. The van der Waals surface area contributed by atoms with E-state index in [-0.39, 0.29) is 19.3 Å². The van der Waals surface area contributed by atoms with Crippen LogP contribution in [0.2, 0.25) is 0 Å². The predicted octanol–water partition coefficient (Wildman–Crippen LogP) is 1.64. The molecule has 1 aliphatic rings. The third-order valence-corrected chi connectivity index (χ3v) is 2.76. The largest absolute Gasteiger partial charge is 0.467 e. The molecular weight excluding hydrogens is 213 g/mol. The van der Waals surface area contributed by atoms with Crippen LogP contribution in [0.25, 0.3) is 0 Å². The number of carbonyl (C=O) groups is 1. The quantitative estimate of drug-likeness (QED) is 0.691. The Kier molecular flexibility index (Phi) is 3.28. The van der Waals surface area contributed by atoms with Gasteiger partial charge in [-0.15, -0.1) is 0 Å². The number of methoxy groups -OCH3 is 1. The molecule has 0 amide bonds. The van der Waals surface area contributed by atoms with Gasteiger partial charge in [0, 0.05) is 0 Å². The molecule has 1 aliphatic carbocycles. The summed E-state index contributed by atoms with van der Waals surface area (Å²) in [6.07, 6.45) is -4.78. The second-order valence-electron chi connectivity index (χ2n) is 3.86. The van der Waals surface area contributed by atoms with Crippen LogP contribution in [0.5, 0.6) is 0 Å². The van der Waals surface area contributed by atoms with E-state index in [1.807, 2.05) is 0 Å². The number of ether oxygens (including phenoxy) is 1. The van der Waals surface area contributed by atoms with E-state index in [1.54, 1.807) is 0 Å². The lowest BCUT2D eigenvalue weighted by Crippen LogP contribution is -2.46. The summed E-state index contributed by atoms with van der Waals surface area (Å²) >= 11 is 0. The summed E-state index contributed by atoms with van der Waals surface area (Å²) in [5, 5.41) is 9.70. The van der Waals surface area contributed by atoms with Gasteiger partial charge < -0.3 is 9.84 Å². The molecule has 0 aliphatic heterocycles. The van der Waals surface area contributed by atoms with Gasteiger partial charge in [0.1, 0.15) is 0 Å². The van der Waals surface area contributed by atoms with Crippen LogP contribution in [-0.2, 0) is 9.53 Å². The Balaban J connectivity index is 2.75. The second kappa shape index (κ2) is 4.00. The van der Waals surface area contributed by atoms with E-state index in [9.17, 15) is 23.1 Å². The van der Waals surface area contributed by atoms with Crippen molar-refractivity contribution in [3.05, 3.63) is 0 Å². The number of hydrogen-bond acceptors (Lipinski definition) is 3.